The molecule has 24 heavy (non-hydrogen) atoms. The van der Waals surface area contributed by atoms with Gasteiger partial charge in [-0.2, -0.15) is 0 Å². The largest absolute Gasteiger partial charge is 0.339 e. The maximum Gasteiger partial charge on any atom is 0.0695 e. The number of aryl methyl sites for hydroxylation is 3. The summed E-state index contributed by atoms with van der Waals surface area (Å²) in [5.74, 6) is 0.979. The first-order valence-electron chi connectivity index (χ1n) is 7.79. The summed E-state index contributed by atoms with van der Waals surface area (Å²) in [7, 11) is -0.243. The molecule has 1 radical (unpaired) electrons. The van der Waals surface area contributed by atoms with Crippen LogP contribution in [0.3, 0.4) is 0 Å². The first kappa shape index (κ1) is 19.1. The number of hydrogen-bond acceptors (Lipinski definition) is 1. The molecule has 1 heterocycles. The molecule has 0 atom stereocenters. The molecular formula is C20H22IrN2P-. The van der Waals surface area contributed by atoms with Gasteiger partial charge >= 0.3 is 0 Å². The molecule has 0 aliphatic carbocycles. The van der Waals surface area contributed by atoms with Gasteiger partial charge in [0.1, 0.15) is 0 Å². The summed E-state index contributed by atoms with van der Waals surface area (Å²) in [6.07, 6.45) is 2.20. The summed E-state index contributed by atoms with van der Waals surface area (Å²) >= 11 is 0. The van der Waals surface area contributed by atoms with Gasteiger partial charge in [-0.05, 0) is 45.2 Å². The molecule has 0 aliphatic heterocycles. The number of benzene rings is 2. The van der Waals surface area contributed by atoms with E-state index in [0.717, 1.165) is 11.4 Å². The molecule has 0 saturated heterocycles. The van der Waals surface area contributed by atoms with Crippen LogP contribution in [0.4, 0.5) is 0 Å². The molecule has 0 spiro atoms. The Hall–Kier alpha value is -1.27. The fourth-order valence-electron chi connectivity index (χ4n) is 3.03. The van der Waals surface area contributed by atoms with E-state index in [1.165, 1.54) is 27.8 Å². The van der Waals surface area contributed by atoms with Crippen LogP contribution in [0.5, 0.6) is 0 Å². The van der Waals surface area contributed by atoms with Crippen LogP contribution in [-0.4, -0.2) is 22.9 Å². The summed E-state index contributed by atoms with van der Waals surface area (Å²) in [5, 5.41) is 0. The second kappa shape index (κ2) is 7.74. The van der Waals surface area contributed by atoms with E-state index in [-0.39, 0.29) is 28.0 Å². The average Bonchev–Trinajstić information content (AvgIpc) is 2.92. The van der Waals surface area contributed by atoms with Crippen LogP contribution in [-0.2, 0) is 20.1 Å². The zero-order valence-electron chi connectivity index (χ0n) is 14.7. The van der Waals surface area contributed by atoms with E-state index in [1.807, 2.05) is 18.2 Å². The molecule has 0 saturated carbocycles. The molecule has 0 aliphatic rings. The maximum atomic E-state index is 4.92. The van der Waals surface area contributed by atoms with Gasteiger partial charge in [0, 0.05) is 32.0 Å². The molecule has 0 unspecified atom stereocenters. The number of nitrogens with zero attached hydrogens (tertiary/aromatic N) is 2. The predicted molar refractivity (Wildman–Crippen MR) is 100 cm³/mol. The van der Waals surface area contributed by atoms with Crippen molar-refractivity contribution in [2.45, 2.75) is 20.8 Å². The fourth-order valence-corrected chi connectivity index (χ4v) is 3.67. The van der Waals surface area contributed by atoms with Gasteiger partial charge in [0.2, 0.25) is 0 Å². The van der Waals surface area contributed by atoms with E-state index < -0.39 is 0 Å². The van der Waals surface area contributed by atoms with Gasteiger partial charge in [-0.1, -0.05) is 25.6 Å². The van der Waals surface area contributed by atoms with Crippen molar-refractivity contribution in [3.63, 3.8) is 0 Å². The van der Waals surface area contributed by atoms with Crippen molar-refractivity contribution in [2.75, 3.05) is 13.3 Å². The van der Waals surface area contributed by atoms with Crippen LogP contribution in [0.1, 0.15) is 16.7 Å². The average molecular weight is 514 g/mol. The van der Waals surface area contributed by atoms with Crippen molar-refractivity contribution >= 4 is 13.4 Å². The molecule has 0 fully saturated rings. The first-order valence-corrected chi connectivity index (χ1v) is 10.0. The van der Waals surface area contributed by atoms with Crippen molar-refractivity contribution in [3.05, 3.63) is 65.4 Å². The number of imidazole rings is 1. The Balaban J connectivity index is 0.00000208. The van der Waals surface area contributed by atoms with Crippen LogP contribution >= 0.6 is 7.92 Å². The van der Waals surface area contributed by atoms with Gasteiger partial charge in [-0.3, -0.25) is 4.98 Å². The molecule has 3 aromatic rings. The molecule has 3 rings (SSSR count). The summed E-state index contributed by atoms with van der Waals surface area (Å²) in [6, 6.07) is 15.9. The number of hydrogen-bond donors (Lipinski definition) is 0. The SMILES string of the molecule is Cc1cc(C)c(-n2cc(P(C)C)nc2-c2[c-]cccc2)c(C)c1.[Ir]. The Morgan fingerprint density at radius 2 is 1.71 bits per heavy atom. The van der Waals surface area contributed by atoms with Crippen molar-refractivity contribution in [1.82, 2.24) is 9.55 Å². The molecule has 0 bridgehead atoms. The first-order chi connectivity index (χ1) is 11.0. The van der Waals surface area contributed by atoms with Crippen LogP contribution in [0, 0.1) is 26.8 Å². The second-order valence-electron chi connectivity index (χ2n) is 6.21. The Bertz CT molecular complexity index is 815. The molecule has 2 nitrogen and oxygen atoms in total. The minimum absolute atomic E-state index is 0. The molecule has 1 aromatic heterocycles. The molecule has 2 aromatic carbocycles. The van der Waals surface area contributed by atoms with Gasteiger partial charge < -0.3 is 4.57 Å². The topological polar surface area (TPSA) is 17.8 Å². The summed E-state index contributed by atoms with van der Waals surface area (Å²) in [4.78, 5) is 4.92. The zero-order chi connectivity index (χ0) is 16.6. The Labute approximate surface area is 159 Å². The number of aromatic nitrogens is 2. The quantitative estimate of drug-likeness (QED) is 0.369. The molecule has 127 valence electrons. The van der Waals surface area contributed by atoms with Gasteiger partial charge in [-0.25, -0.2) is 0 Å². The van der Waals surface area contributed by atoms with Gasteiger partial charge in [0.05, 0.1) is 11.3 Å². The minimum Gasteiger partial charge on any atom is -0.339 e. The van der Waals surface area contributed by atoms with E-state index in [1.54, 1.807) is 0 Å². The standard InChI is InChI=1S/C20H22N2P.Ir/c1-14-11-15(2)19(16(3)12-14)22-13-18(23(4)5)21-20(22)17-9-7-6-8-10-17;/h6-9,11-13H,1-5H3;/q-1;. The third kappa shape index (κ3) is 3.70. The maximum absolute atomic E-state index is 4.92. The monoisotopic (exact) mass is 514 g/mol. The Morgan fingerprint density at radius 3 is 2.25 bits per heavy atom. The molecule has 0 N–H and O–H groups in total. The summed E-state index contributed by atoms with van der Waals surface area (Å²) < 4.78 is 2.24. The Kier molecular flexibility index (Phi) is 6.15. The van der Waals surface area contributed by atoms with Crippen molar-refractivity contribution in [2.24, 2.45) is 0 Å². The van der Waals surface area contributed by atoms with Crippen LogP contribution in [0.25, 0.3) is 17.1 Å². The molecular weight excluding hydrogens is 491 g/mol. The zero-order valence-corrected chi connectivity index (χ0v) is 18.0. The summed E-state index contributed by atoms with van der Waals surface area (Å²) in [6.45, 7) is 11.0. The van der Waals surface area contributed by atoms with E-state index in [2.05, 4.69) is 69.1 Å². The predicted octanol–water partition coefficient (Wildman–Crippen LogP) is 4.63. The third-order valence-corrected chi connectivity index (χ3v) is 5.11. The van der Waals surface area contributed by atoms with Crippen LogP contribution in [0.2, 0.25) is 0 Å². The van der Waals surface area contributed by atoms with E-state index in [0.29, 0.717) is 0 Å². The van der Waals surface area contributed by atoms with Crippen molar-refractivity contribution < 1.29 is 20.1 Å². The van der Waals surface area contributed by atoms with Gasteiger partial charge in [0.25, 0.3) is 0 Å². The Morgan fingerprint density at radius 1 is 1.04 bits per heavy atom. The van der Waals surface area contributed by atoms with Gasteiger partial charge in [0.15, 0.2) is 0 Å². The number of rotatable bonds is 3. The van der Waals surface area contributed by atoms with Gasteiger partial charge in [-0.15, -0.1) is 35.9 Å². The third-order valence-electron chi connectivity index (χ3n) is 3.98. The van der Waals surface area contributed by atoms with Crippen molar-refractivity contribution in [1.29, 1.82) is 0 Å². The summed E-state index contributed by atoms with van der Waals surface area (Å²) in [5.41, 5.74) is 7.30. The second-order valence-corrected chi connectivity index (χ2v) is 8.46. The smallest absolute Gasteiger partial charge is 0.0695 e. The van der Waals surface area contributed by atoms with E-state index in [9.17, 15) is 0 Å². The van der Waals surface area contributed by atoms with Crippen molar-refractivity contribution in [3.8, 4) is 17.1 Å². The van der Waals surface area contributed by atoms with E-state index in [4.69, 9.17) is 4.98 Å². The van der Waals surface area contributed by atoms with Crippen LogP contribution < -0.4 is 5.44 Å². The minimum atomic E-state index is -0.243. The molecule has 0 amide bonds. The van der Waals surface area contributed by atoms with Crippen LogP contribution in [0.15, 0.2) is 42.6 Å². The fraction of sp³-hybridized carbons (Fsp3) is 0.250. The molecule has 4 heteroatoms. The van der Waals surface area contributed by atoms with E-state index >= 15 is 0 Å². The normalized spacial score (nSPS) is 10.8.